The number of carboxylic acids is 2. The van der Waals surface area contributed by atoms with Crippen molar-refractivity contribution in [2.24, 2.45) is 0 Å². The number of oxazole rings is 1. The van der Waals surface area contributed by atoms with Crippen molar-refractivity contribution < 1.29 is 29.0 Å². The summed E-state index contributed by atoms with van der Waals surface area (Å²) in [7, 11) is 1.82. The topological polar surface area (TPSA) is 269 Å². The van der Waals surface area contributed by atoms with Crippen LogP contribution in [0.2, 0.25) is 0 Å². The standard InChI is InChI=1S/C20H22N8O5.C11H12N2O2/c1-28(9-11-8-23-17-15(24-11)16(21)26-20(22)27-17)12-4-2-10(3-5-12)18(31)25-13(19(32)33)6-7-14(29)30;1-2-3-9-10(15-11(14)13-9)8-4-6-12-7-5-8/h2-5,8,13H,6-7,9H2,1H3,(H,25,31)(H,29,30)(H,32,33)(H4,21,22,23,26,27);4-7H,2-3H2,1H3,(H,13,14)/t13-;/m0./s1. The summed E-state index contributed by atoms with van der Waals surface area (Å²) in [6, 6.07) is 8.81. The average molecular weight is 659 g/mol. The molecular weight excluding hydrogens is 624 g/mol. The summed E-state index contributed by atoms with van der Waals surface area (Å²) in [4.78, 5) is 70.4. The predicted molar refractivity (Wildman–Crippen MR) is 175 cm³/mol. The van der Waals surface area contributed by atoms with E-state index in [1.807, 2.05) is 24.1 Å². The Morgan fingerprint density at radius 3 is 2.40 bits per heavy atom. The molecule has 0 radical (unpaired) electrons. The van der Waals surface area contributed by atoms with Gasteiger partial charge >= 0.3 is 17.7 Å². The quantitative estimate of drug-likeness (QED) is 0.112. The number of H-pyrrole nitrogens is 1. The molecule has 5 aromatic rings. The number of aryl methyl sites for hydroxylation is 1. The van der Waals surface area contributed by atoms with Crippen LogP contribution in [0, 0.1) is 0 Å². The Hall–Kier alpha value is -6.39. The van der Waals surface area contributed by atoms with Crippen LogP contribution in [0.1, 0.15) is 47.9 Å². The van der Waals surface area contributed by atoms with Gasteiger partial charge in [-0.3, -0.25) is 19.6 Å². The van der Waals surface area contributed by atoms with Gasteiger partial charge in [-0.2, -0.15) is 9.97 Å². The molecule has 0 unspecified atom stereocenters. The first-order valence-electron chi connectivity index (χ1n) is 14.7. The number of nitrogens with two attached hydrogens (primary N) is 2. The minimum absolute atomic E-state index is 0.0138. The second-order valence-corrected chi connectivity index (χ2v) is 10.5. The fourth-order valence-corrected chi connectivity index (χ4v) is 4.55. The number of rotatable bonds is 12. The Morgan fingerprint density at radius 1 is 1.04 bits per heavy atom. The molecule has 1 atom stereocenters. The number of nitrogens with zero attached hydrogens (tertiary/aromatic N) is 6. The zero-order valence-electron chi connectivity index (χ0n) is 26.1. The number of aliphatic carboxylic acids is 2. The fraction of sp³-hybridized carbons (Fsp3) is 0.258. The number of pyridine rings is 1. The molecule has 0 saturated carbocycles. The van der Waals surface area contributed by atoms with Crippen LogP contribution in [0.3, 0.4) is 0 Å². The number of amides is 1. The maximum absolute atomic E-state index is 12.4. The zero-order chi connectivity index (χ0) is 34.8. The highest BCUT2D eigenvalue weighted by Crippen LogP contribution is 2.21. The highest BCUT2D eigenvalue weighted by atomic mass is 16.4. The van der Waals surface area contributed by atoms with E-state index in [2.05, 4.69) is 42.1 Å². The Balaban J connectivity index is 0.000000287. The molecule has 0 aliphatic heterocycles. The summed E-state index contributed by atoms with van der Waals surface area (Å²) < 4.78 is 5.11. The third-order valence-corrected chi connectivity index (χ3v) is 6.89. The van der Waals surface area contributed by atoms with Crippen LogP contribution in [-0.2, 0) is 22.6 Å². The first-order chi connectivity index (χ1) is 22.9. The number of hydrogen-bond donors (Lipinski definition) is 6. The highest BCUT2D eigenvalue weighted by Gasteiger charge is 2.22. The van der Waals surface area contributed by atoms with E-state index in [-0.39, 0.29) is 30.2 Å². The van der Waals surface area contributed by atoms with Crippen LogP contribution in [0.4, 0.5) is 17.5 Å². The number of benzene rings is 1. The van der Waals surface area contributed by atoms with E-state index in [0.29, 0.717) is 29.2 Å². The van der Waals surface area contributed by atoms with Crippen LogP contribution < -0.4 is 27.4 Å². The number of hydrogen-bond acceptors (Lipinski definition) is 13. The maximum Gasteiger partial charge on any atom is 0.417 e. The first-order valence-corrected chi connectivity index (χ1v) is 14.7. The largest absolute Gasteiger partial charge is 0.481 e. The van der Waals surface area contributed by atoms with Gasteiger partial charge in [0.1, 0.15) is 6.04 Å². The number of carbonyl (C=O) groups excluding carboxylic acids is 1. The molecule has 0 spiro atoms. The first kappa shape index (κ1) is 34.5. The van der Waals surface area contributed by atoms with Gasteiger partial charge in [-0.25, -0.2) is 19.6 Å². The molecule has 17 nitrogen and oxygen atoms in total. The zero-order valence-corrected chi connectivity index (χ0v) is 26.1. The van der Waals surface area contributed by atoms with Gasteiger partial charge in [0.05, 0.1) is 24.1 Å². The number of carbonyl (C=O) groups is 3. The lowest BCUT2D eigenvalue weighted by molar-refractivity contribution is -0.140. The smallest absolute Gasteiger partial charge is 0.417 e. The molecule has 4 aromatic heterocycles. The summed E-state index contributed by atoms with van der Waals surface area (Å²) in [6.45, 7) is 2.43. The van der Waals surface area contributed by atoms with E-state index in [1.54, 1.807) is 30.7 Å². The van der Waals surface area contributed by atoms with Crippen molar-refractivity contribution in [3.8, 4) is 11.3 Å². The Morgan fingerprint density at radius 2 is 1.75 bits per heavy atom. The third kappa shape index (κ3) is 9.09. The number of aromatic nitrogens is 6. The number of nitrogens with one attached hydrogen (secondary N) is 2. The SMILES string of the molecule is CCCc1[nH]c(=O)oc1-c1ccncc1.CN(Cc1cnc2nc(N)nc(N)c2n1)c1ccc(C(=O)N[C@@H](CCC(=O)O)C(=O)O)cc1. The molecule has 1 amide bonds. The fourth-order valence-electron chi connectivity index (χ4n) is 4.55. The van der Waals surface area contributed by atoms with Gasteiger partial charge < -0.3 is 36.3 Å². The van der Waals surface area contributed by atoms with E-state index in [1.165, 1.54) is 12.1 Å². The van der Waals surface area contributed by atoms with Crippen molar-refractivity contribution in [1.29, 1.82) is 0 Å². The van der Waals surface area contributed by atoms with E-state index >= 15 is 0 Å². The van der Waals surface area contributed by atoms with Crippen molar-refractivity contribution in [1.82, 2.24) is 35.2 Å². The molecule has 0 aliphatic rings. The average Bonchev–Trinajstić information content (AvgIpc) is 3.43. The number of aromatic amines is 1. The molecule has 0 saturated heterocycles. The summed E-state index contributed by atoms with van der Waals surface area (Å²) in [5, 5.41) is 20.2. The van der Waals surface area contributed by atoms with Gasteiger partial charge in [0.15, 0.2) is 22.7 Å². The van der Waals surface area contributed by atoms with E-state index in [4.69, 9.17) is 21.0 Å². The molecule has 0 bridgehead atoms. The van der Waals surface area contributed by atoms with Crippen molar-refractivity contribution in [2.75, 3.05) is 23.4 Å². The monoisotopic (exact) mass is 658 g/mol. The Bertz CT molecular complexity index is 1950. The van der Waals surface area contributed by atoms with Crippen molar-refractivity contribution in [3.63, 3.8) is 0 Å². The van der Waals surface area contributed by atoms with Crippen LogP contribution in [-0.4, -0.2) is 71.1 Å². The number of anilines is 3. The van der Waals surface area contributed by atoms with Gasteiger partial charge in [0.25, 0.3) is 5.91 Å². The predicted octanol–water partition coefficient (Wildman–Crippen LogP) is 2.25. The maximum atomic E-state index is 12.4. The normalized spacial score (nSPS) is 11.3. The summed E-state index contributed by atoms with van der Waals surface area (Å²) in [5.74, 6) is -2.68. The Kier molecular flexibility index (Phi) is 11.3. The lowest BCUT2D eigenvalue weighted by Crippen LogP contribution is -2.41. The molecule has 48 heavy (non-hydrogen) atoms. The molecule has 0 fully saturated rings. The minimum Gasteiger partial charge on any atom is -0.481 e. The molecule has 1 aromatic carbocycles. The molecule has 17 heteroatoms. The van der Waals surface area contributed by atoms with Gasteiger partial charge in [0.2, 0.25) is 5.95 Å². The molecule has 8 N–H and O–H groups in total. The molecule has 4 heterocycles. The minimum atomic E-state index is -1.30. The molecular formula is C31H34N10O7. The van der Waals surface area contributed by atoms with Gasteiger partial charge in [-0.1, -0.05) is 13.3 Å². The van der Waals surface area contributed by atoms with Gasteiger partial charge in [0, 0.05) is 42.7 Å². The molecule has 250 valence electrons. The summed E-state index contributed by atoms with van der Waals surface area (Å²) in [5.41, 5.74) is 15.4. The van der Waals surface area contributed by atoms with E-state index in [0.717, 1.165) is 29.8 Å². The van der Waals surface area contributed by atoms with E-state index in [9.17, 15) is 24.3 Å². The number of fused-ring (bicyclic) bond motifs is 1. The van der Waals surface area contributed by atoms with Crippen LogP contribution >= 0.6 is 0 Å². The molecule has 0 aliphatic carbocycles. The lowest BCUT2D eigenvalue weighted by atomic mass is 10.1. The van der Waals surface area contributed by atoms with Crippen LogP contribution in [0.5, 0.6) is 0 Å². The van der Waals surface area contributed by atoms with Gasteiger partial charge in [-0.15, -0.1) is 0 Å². The second-order valence-electron chi connectivity index (χ2n) is 10.5. The number of nitrogen functional groups attached to an aromatic ring is 2. The number of carboxylic acid groups (broad SMARTS) is 2. The second kappa shape index (κ2) is 15.7. The summed E-state index contributed by atoms with van der Waals surface area (Å²) >= 11 is 0. The summed E-state index contributed by atoms with van der Waals surface area (Å²) in [6.07, 6.45) is 6.10. The van der Waals surface area contributed by atoms with Crippen LogP contribution in [0.15, 0.2) is 64.2 Å². The lowest BCUT2D eigenvalue weighted by Gasteiger charge is -2.19. The Labute approximate surface area is 273 Å². The highest BCUT2D eigenvalue weighted by molar-refractivity contribution is 5.97. The molecule has 5 rings (SSSR count). The van der Waals surface area contributed by atoms with Crippen molar-refractivity contribution >= 4 is 46.5 Å². The van der Waals surface area contributed by atoms with Crippen molar-refractivity contribution in [2.45, 2.75) is 45.2 Å². The van der Waals surface area contributed by atoms with E-state index < -0.39 is 29.6 Å². The van der Waals surface area contributed by atoms with Crippen molar-refractivity contribution in [3.05, 3.63) is 82.5 Å². The third-order valence-electron chi connectivity index (χ3n) is 6.89. The van der Waals surface area contributed by atoms with Gasteiger partial charge in [-0.05, 0) is 49.2 Å². The van der Waals surface area contributed by atoms with Crippen LogP contribution in [0.25, 0.3) is 22.5 Å².